The smallest absolute Gasteiger partial charge is 0.0704 e. The maximum absolute atomic E-state index is 5.69. The van der Waals surface area contributed by atoms with Gasteiger partial charge in [-0.3, -0.25) is 4.98 Å². The Balaban J connectivity index is 2.30. The molecular weight excluding hydrogens is 230 g/mol. The molecule has 0 aliphatic heterocycles. The van der Waals surface area contributed by atoms with Gasteiger partial charge in [-0.05, 0) is 37.5 Å². The molecule has 1 heterocycles. The Morgan fingerprint density at radius 3 is 2.94 bits per heavy atom. The molecule has 0 aliphatic rings. The van der Waals surface area contributed by atoms with Gasteiger partial charge in [-0.25, -0.2) is 0 Å². The van der Waals surface area contributed by atoms with Crippen LogP contribution in [0.3, 0.4) is 0 Å². The third-order valence-corrected chi connectivity index (χ3v) is 3.03. The zero-order valence-electron chi connectivity index (χ0n) is 9.99. The van der Waals surface area contributed by atoms with Crippen molar-refractivity contribution >= 4 is 22.5 Å². The number of allylic oxidation sites excluding steroid dienone is 2. The minimum absolute atomic E-state index is 0.689. The largest absolute Gasteiger partial charge is 0.256 e. The van der Waals surface area contributed by atoms with E-state index in [-0.39, 0.29) is 0 Å². The SMILES string of the molecule is CC(=CCCCl)Cc1ccnc2ccccc12. The molecule has 0 unspecified atom stereocenters. The Kier molecular flexibility index (Phi) is 4.16. The van der Waals surface area contributed by atoms with E-state index in [1.54, 1.807) is 0 Å². The predicted molar refractivity (Wildman–Crippen MR) is 74.5 cm³/mol. The standard InChI is InChI=1S/C15H16ClN/c1-12(5-4-9-16)11-13-8-10-17-15-7-3-2-6-14(13)15/h2-3,5-8,10H,4,9,11H2,1H3. The van der Waals surface area contributed by atoms with Crippen LogP contribution in [0.5, 0.6) is 0 Å². The Morgan fingerprint density at radius 2 is 2.12 bits per heavy atom. The van der Waals surface area contributed by atoms with E-state index in [0.29, 0.717) is 5.88 Å². The van der Waals surface area contributed by atoms with Crippen molar-refractivity contribution in [2.24, 2.45) is 0 Å². The van der Waals surface area contributed by atoms with E-state index in [1.807, 2.05) is 12.3 Å². The van der Waals surface area contributed by atoms with Crippen LogP contribution >= 0.6 is 11.6 Å². The molecular formula is C15H16ClN. The lowest BCUT2D eigenvalue weighted by molar-refractivity contribution is 1.10. The van der Waals surface area contributed by atoms with Gasteiger partial charge >= 0.3 is 0 Å². The highest BCUT2D eigenvalue weighted by Crippen LogP contribution is 2.19. The molecule has 0 radical (unpaired) electrons. The molecule has 0 aliphatic carbocycles. The molecule has 2 heteroatoms. The van der Waals surface area contributed by atoms with Crippen LogP contribution in [0.1, 0.15) is 18.9 Å². The van der Waals surface area contributed by atoms with E-state index in [9.17, 15) is 0 Å². The number of para-hydroxylation sites is 1. The minimum atomic E-state index is 0.689. The third-order valence-electron chi connectivity index (χ3n) is 2.81. The average molecular weight is 246 g/mol. The molecule has 2 aromatic rings. The second-order valence-corrected chi connectivity index (χ2v) is 4.57. The van der Waals surface area contributed by atoms with Crippen LogP contribution in [-0.2, 0) is 6.42 Å². The van der Waals surface area contributed by atoms with Crippen LogP contribution in [0, 0.1) is 0 Å². The van der Waals surface area contributed by atoms with Gasteiger partial charge in [-0.15, -0.1) is 11.6 Å². The van der Waals surface area contributed by atoms with Crippen molar-refractivity contribution in [1.29, 1.82) is 0 Å². The summed E-state index contributed by atoms with van der Waals surface area (Å²) in [7, 11) is 0. The van der Waals surface area contributed by atoms with E-state index in [2.05, 4.69) is 42.2 Å². The Bertz CT molecular complexity index is 526. The van der Waals surface area contributed by atoms with E-state index in [1.165, 1.54) is 16.5 Å². The van der Waals surface area contributed by atoms with Crippen molar-refractivity contribution in [2.75, 3.05) is 5.88 Å². The molecule has 0 amide bonds. The summed E-state index contributed by atoms with van der Waals surface area (Å²) in [5.74, 6) is 0.689. The Hall–Kier alpha value is -1.34. The summed E-state index contributed by atoms with van der Waals surface area (Å²) in [5.41, 5.74) is 3.76. The number of halogens is 1. The van der Waals surface area contributed by atoms with Gasteiger partial charge < -0.3 is 0 Å². The first-order valence-corrected chi connectivity index (χ1v) is 6.39. The highest BCUT2D eigenvalue weighted by Gasteiger charge is 2.01. The maximum Gasteiger partial charge on any atom is 0.0704 e. The van der Waals surface area contributed by atoms with E-state index >= 15 is 0 Å². The van der Waals surface area contributed by atoms with Crippen molar-refractivity contribution < 1.29 is 0 Å². The van der Waals surface area contributed by atoms with Gasteiger partial charge in [0.15, 0.2) is 0 Å². The van der Waals surface area contributed by atoms with Crippen molar-refractivity contribution in [2.45, 2.75) is 19.8 Å². The normalized spacial score (nSPS) is 12.0. The Labute approximate surface area is 107 Å². The van der Waals surface area contributed by atoms with Gasteiger partial charge in [-0.1, -0.05) is 29.8 Å². The summed E-state index contributed by atoms with van der Waals surface area (Å²) in [6.07, 6.45) is 6.00. The summed E-state index contributed by atoms with van der Waals surface area (Å²) < 4.78 is 0. The zero-order chi connectivity index (χ0) is 12.1. The van der Waals surface area contributed by atoms with Crippen molar-refractivity contribution in [3.63, 3.8) is 0 Å². The van der Waals surface area contributed by atoms with Crippen molar-refractivity contribution in [3.8, 4) is 0 Å². The second kappa shape index (κ2) is 5.83. The van der Waals surface area contributed by atoms with Crippen LogP contribution in [0.4, 0.5) is 0 Å². The molecule has 0 saturated heterocycles. The number of hydrogen-bond acceptors (Lipinski definition) is 1. The average Bonchev–Trinajstić information content (AvgIpc) is 2.37. The molecule has 1 nitrogen and oxygen atoms in total. The fourth-order valence-corrected chi connectivity index (χ4v) is 2.09. The van der Waals surface area contributed by atoms with Crippen LogP contribution in [0.15, 0.2) is 48.2 Å². The van der Waals surface area contributed by atoms with E-state index in [0.717, 1.165) is 18.4 Å². The van der Waals surface area contributed by atoms with E-state index in [4.69, 9.17) is 11.6 Å². The molecule has 0 N–H and O–H groups in total. The first kappa shape index (κ1) is 12.1. The van der Waals surface area contributed by atoms with Crippen LogP contribution < -0.4 is 0 Å². The highest BCUT2D eigenvalue weighted by molar-refractivity contribution is 6.17. The number of aromatic nitrogens is 1. The number of fused-ring (bicyclic) bond motifs is 1. The molecule has 17 heavy (non-hydrogen) atoms. The monoisotopic (exact) mass is 245 g/mol. The highest BCUT2D eigenvalue weighted by atomic mass is 35.5. The van der Waals surface area contributed by atoms with Gasteiger partial charge in [-0.2, -0.15) is 0 Å². The number of alkyl halides is 1. The maximum atomic E-state index is 5.69. The van der Waals surface area contributed by atoms with E-state index < -0.39 is 0 Å². The summed E-state index contributed by atoms with van der Waals surface area (Å²) in [6, 6.07) is 10.4. The van der Waals surface area contributed by atoms with Crippen LogP contribution in [0.2, 0.25) is 0 Å². The van der Waals surface area contributed by atoms with Crippen LogP contribution in [-0.4, -0.2) is 10.9 Å². The molecule has 0 spiro atoms. The quantitative estimate of drug-likeness (QED) is 0.576. The lowest BCUT2D eigenvalue weighted by Crippen LogP contribution is -1.91. The van der Waals surface area contributed by atoms with Crippen molar-refractivity contribution in [1.82, 2.24) is 4.98 Å². The van der Waals surface area contributed by atoms with Gasteiger partial charge in [0.25, 0.3) is 0 Å². The molecule has 0 bridgehead atoms. The first-order valence-electron chi connectivity index (χ1n) is 5.85. The zero-order valence-corrected chi connectivity index (χ0v) is 10.7. The molecule has 1 aromatic carbocycles. The molecule has 0 atom stereocenters. The first-order chi connectivity index (χ1) is 8.31. The van der Waals surface area contributed by atoms with Gasteiger partial charge in [0.2, 0.25) is 0 Å². The molecule has 2 rings (SSSR count). The molecule has 0 fully saturated rings. The van der Waals surface area contributed by atoms with Gasteiger partial charge in [0, 0.05) is 17.5 Å². The molecule has 1 aromatic heterocycles. The summed E-state index contributed by atoms with van der Waals surface area (Å²) in [5, 5.41) is 1.24. The number of rotatable bonds is 4. The summed E-state index contributed by atoms with van der Waals surface area (Å²) in [4.78, 5) is 4.37. The molecule has 0 saturated carbocycles. The van der Waals surface area contributed by atoms with Crippen LogP contribution in [0.25, 0.3) is 10.9 Å². The Morgan fingerprint density at radius 1 is 1.29 bits per heavy atom. The second-order valence-electron chi connectivity index (χ2n) is 4.19. The van der Waals surface area contributed by atoms with Crippen molar-refractivity contribution in [3.05, 3.63) is 53.7 Å². The summed E-state index contributed by atoms with van der Waals surface area (Å²) >= 11 is 5.69. The number of hydrogen-bond donors (Lipinski definition) is 0. The fraction of sp³-hybridized carbons (Fsp3) is 0.267. The third kappa shape index (κ3) is 3.07. The fourth-order valence-electron chi connectivity index (χ4n) is 1.98. The topological polar surface area (TPSA) is 12.9 Å². The number of benzene rings is 1. The molecule has 88 valence electrons. The minimum Gasteiger partial charge on any atom is -0.256 e. The number of nitrogens with zero attached hydrogens (tertiary/aromatic N) is 1. The lowest BCUT2D eigenvalue weighted by Gasteiger charge is -2.06. The van der Waals surface area contributed by atoms with Gasteiger partial charge in [0.1, 0.15) is 0 Å². The lowest BCUT2D eigenvalue weighted by atomic mass is 10.0. The predicted octanol–water partition coefficient (Wildman–Crippen LogP) is 4.35. The summed E-state index contributed by atoms with van der Waals surface area (Å²) in [6.45, 7) is 2.15. The number of pyridine rings is 1. The van der Waals surface area contributed by atoms with Gasteiger partial charge in [0.05, 0.1) is 5.52 Å².